The summed E-state index contributed by atoms with van der Waals surface area (Å²) in [6.45, 7) is 7.20. The molecule has 6 heteroatoms. The van der Waals surface area contributed by atoms with Gasteiger partial charge in [-0.05, 0) is 33.1 Å². The highest BCUT2D eigenvalue weighted by Gasteiger charge is 2.22. The van der Waals surface area contributed by atoms with Gasteiger partial charge in [0.15, 0.2) is 9.84 Å². The number of rotatable bonds is 8. The topological polar surface area (TPSA) is 64.0 Å². The highest BCUT2D eigenvalue weighted by atomic mass is 32.2. The number of hydrogen-bond donors (Lipinski definition) is 1. The zero-order chi connectivity index (χ0) is 14.8. The molecule has 1 fully saturated rings. The van der Waals surface area contributed by atoms with Crippen molar-refractivity contribution in [2.45, 2.75) is 59.2 Å². The maximum Gasteiger partial charge on any atom is 0.152 e. The van der Waals surface area contributed by atoms with Crippen LogP contribution in [0, 0.1) is 13.8 Å². The van der Waals surface area contributed by atoms with Gasteiger partial charge in [0.25, 0.3) is 0 Å². The smallest absolute Gasteiger partial charge is 0.152 e. The average Bonchev–Trinajstić information content (AvgIpc) is 3.14. The van der Waals surface area contributed by atoms with Gasteiger partial charge in [-0.2, -0.15) is 5.10 Å². The van der Waals surface area contributed by atoms with Crippen LogP contribution in [0.2, 0.25) is 0 Å². The molecular formula is C14H25N3O2S. The third-order valence-electron chi connectivity index (χ3n) is 3.81. The van der Waals surface area contributed by atoms with Crippen LogP contribution in [0.1, 0.15) is 43.1 Å². The largest absolute Gasteiger partial charge is 0.310 e. The molecule has 114 valence electrons. The zero-order valence-corrected chi connectivity index (χ0v) is 13.5. The molecule has 0 bridgehead atoms. The minimum Gasteiger partial charge on any atom is -0.310 e. The van der Waals surface area contributed by atoms with Gasteiger partial charge in [0, 0.05) is 29.6 Å². The minimum atomic E-state index is -2.94. The van der Waals surface area contributed by atoms with Gasteiger partial charge < -0.3 is 5.32 Å². The van der Waals surface area contributed by atoms with Crippen molar-refractivity contribution in [2.75, 3.05) is 11.5 Å². The Morgan fingerprint density at radius 3 is 2.60 bits per heavy atom. The van der Waals surface area contributed by atoms with Crippen molar-refractivity contribution in [1.29, 1.82) is 0 Å². The normalized spacial score (nSPS) is 15.8. The standard InChI is InChI=1S/C14H25N3O2S/c1-4-8-20(18,19)9-7-17-12(3)14(11(2)16-17)10-15-13-5-6-13/h13,15H,4-10H2,1-3H3. The van der Waals surface area contributed by atoms with Gasteiger partial charge in [0.05, 0.1) is 18.0 Å². The molecule has 1 heterocycles. The van der Waals surface area contributed by atoms with Gasteiger partial charge in [-0.25, -0.2) is 8.42 Å². The van der Waals surface area contributed by atoms with Crippen LogP contribution in [0.4, 0.5) is 0 Å². The van der Waals surface area contributed by atoms with Crippen molar-refractivity contribution in [2.24, 2.45) is 0 Å². The molecule has 0 amide bonds. The Balaban J connectivity index is 1.99. The minimum absolute atomic E-state index is 0.179. The van der Waals surface area contributed by atoms with Crippen LogP contribution >= 0.6 is 0 Å². The average molecular weight is 299 g/mol. The summed E-state index contributed by atoms with van der Waals surface area (Å²) >= 11 is 0. The fourth-order valence-electron chi connectivity index (χ4n) is 2.38. The van der Waals surface area contributed by atoms with Crippen molar-refractivity contribution in [1.82, 2.24) is 15.1 Å². The van der Waals surface area contributed by atoms with E-state index in [1.54, 1.807) is 0 Å². The van der Waals surface area contributed by atoms with Gasteiger partial charge in [-0.1, -0.05) is 6.92 Å². The number of nitrogens with zero attached hydrogens (tertiary/aromatic N) is 2. The molecule has 0 aliphatic heterocycles. The van der Waals surface area contributed by atoms with E-state index in [2.05, 4.69) is 10.4 Å². The van der Waals surface area contributed by atoms with Crippen molar-refractivity contribution in [3.05, 3.63) is 17.0 Å². The summed E-state index contributed by atoms with van der Waals surface area (Å²) in [5.41, 5.74) is 3.30. The molecule has 0 aromatic carbocycles. The first-order chi connectivity index (χ1) is 9.43. The Hall–Kier alpha value is -0.880. The van der Waals surface area contributed by atoms with Crippen LogP contribution in [0.3, 0.4) is 0 Å². The summed E-state index contributed by atoms with van der Waals surface area (Å²) < 4.78 is 25.4. The highest BCUT2D eigenvalue weighted by Crippen LogP contribution is 2.21. The van der Waals surface area contributed by atoms with E-state index in [1.807, 2.05) is 25.5 Å². The van der Waals surface area contributed by atoms with E-state index in [9.17, 15) is 8.42 Å². The van der Waals surface area contributed by atoms with Gasteiger partial charge in [0.2, 0.25) is 0 Å². The highest BCUT2D eigenvalue weighted by molar-refractivity contribution is 7.91. The van der Waals surface area contributed by atoms with Crippen molar-refractivity contribution < 1.29 is 8.42 Å². The molecule has 0 spiro atoms. The third-order valence-corrected chi connectivity index (χ3v) is 5.64. The zero-order valence-electron chi connectivity index (χ0n) is 12.6. The number of aryl methyl sites for hydroxylation is 2. The van der Waals surface area contributed by atoms with E-state index < -0.39 is 9.84 Å². The molecular weight excluding hydrogens is 274 g/mol. The monoisotopic (exact) mass is 299 g/mol. The fourth-order valence-corrected chi connectivity index (χ4v) is 3.66. The van der Waals surface area contributed by atoms with Crippen LogP contribution in [0.5, 0.6) is 0 Å². The molecule has 0 saturated heterocycles. The molecule has 1 saturated carbocycles. The number of hydrogen-bond acceptors (Lipinski definition) is 4. The second-order valence-electron chi connectivity index (χ2n) is 5.68. The predicted molar refractivity (Wildman–Crippen MR) is 80.5 cm³/mol. The molecule has 5 nitrogen and oxygen atoms in total. The maximum absolute atomic E-state index is 11.8. The molecule has 1 aliphatic carbocycles. The Bertz CT molecular complexity index is 559. The Morgan fingerprint density at radius 1 is 1.30 bits per heavy atom. The summed E-state index contributed by atoms with van der Waals surface area (Å²) in [5, 5.41) is 7.97. The van der Waals surface area contributed by atoms with Gasteiger partial charge in [-0.3, -0.25) is 4.68 Å². The summed E-state index contributed by atoms with van der Waals surface area (Å²) in [4.78, 5) is 0. The van der Waals surface area contributed by atoms with Crippen LogP contribution in [0.15, 0.2) is 0 Å². The first-order valence-corrected chi connectivity index (χ1v) is 9.21. The number of sulfone groups is 1. The van der Waals surface area contributed by atoms with E-state index in [1.165, 1.54) is 18.4 Å². The van der Waals surface area contributed by atoms with Crippen LogP contribution in [-0.2, 0) is 22.9 Å². The maximum atomic E-state index is 11.8. The van der Waals surface area contributed by atoms with E-state index in [4.69, 9.17) is 0 Å². The Labute approximate surface area is 121 Å². The summed E-state index contributed by atoms with van der Waals surface area (Å²) in [7, 11) is -2.94. The number of nitrogens with one attached hydrogen (secondary N) is 1. The SMILES string of the molecule is CCCS(=O)(=O)CCn1nc(C)c(CNC2CC2)c1C. The molecule has 1 aromatic rings. The summed E-state index contributed by atoms with van der Waals surface area (Å²) in [6, 6.07) is 0.669. The molecule has 0 atom stereocenters. The second-order valence-corrected chi connectivity index (χ2v) is 7.98. The lowest BCUT2D eigenvalue weighted by Crippen LogP contribution is -2.18. The van der Waals surface area contributed by atoms with E-state index >= 15 is 0 Å². The first-order valence-electron chi connectivity index (χ1n) is 7.39. The summed E-state index contributed by atoms with van der Waals surface area (Å²) in [5.74, 6) is 0.445. The van der Waals surface area contributed by atoms with Crippen LogP contribution in [0.25, 0.3) is 0 Å². The van der Waals surface area contributed by atoms with E-state index in [0.717, 1.165) is 17.9 Å². The second kappa shape index (κ2) is 6.26. The lowest BCUT2D eigenvalue weighted by Gasteiger charge is -2.07. The molecule has 1 aromatic heterocycles. The van der Waals surface area contributed by atoms with Crippen molar-refractivity contribution in [3.63, 3.8) is 0 Å². The van der Waals surface area contributed by atoms with Gasteiger partial charge in [-0.15, -0.1) is 0 Å². The Kier molecular flexibility index (Phi) is 4.86. The summed E-state index contributed by atoms with van der Waals surface area (Å²) in [6.07, 6.45) is 3.21. The molecule has 1 N–H and O–H groups in total. The predicted octanol–water partition coefficient (Wildman–Crippen LogP) is 1.58. The van der Waals surface area contributed by atoms with E-state index in [-0.39, 0.29) is 11.5 Å². The molecule has 2 rings (SSSR count). The van der Waals surface area contributed by atoms with E-state index in [0.29, 0.717) is 19.0 Å². The molecule has 0 unspecified atom stereocenters. The van der Waals surface area contributed by atoms with Gasteiger partial charge >= 0.3 is 0 Å². The van der Waals surface area contributed by atoms with Crippen LogP contribution in [-0.4, -0.2) is 35.7 Å². The number of aromatic nitrogens is 2. The quantitative estimate of drug-likeness (QED) is 0.791. The van der Waals surface area contributed by atoms with Crippen molar-refractivity contribution in [3.8, 4) is 0 Å². The van der Waals surface area contributed by atoms with Gasteiger partial charge in [0.1, 0.15) is 0 Å². The first kappa shape index (κ1) is 15.5. The Morgan fingerprint density at radius 2 is 2.00 bits per heavy atom. The van der Waals surface area contributed by atoms with Crippen LogP contribution < -0.4 is 5.32 Å². The molecule has 0 radical (unpaired) electrons. The lowest BCUT2D eigenvalue weighted by atomic mass is 10.2. The fraction of sp³-hybridized carbons (Fsp3) is 0.786. The third kappa shape index (κ3) is 4.06. The lowest BCUT2D eigenvalue weighted by molar-refractivity contribution is 0.574. The molecule has 1 aliphatic rings. The molecule has 20 heavy (non-hydrogen) atoms. The van der Waals surface area contributed by atoms with Crippen molar-refractivity contribution >= 4 is 9.84 Å².